The second-order valence-electron chi connectivity index (χ2n) is 4.34. The van der Waals surface area contributed by atoms with Gasteiger partial charge in [0.05, 0.1) is 17.4 Å². The second kappa shape index (κ2) is 6.74. The van der Waals surface area contributed by atoms with E-state index >= 15 is 0 Å². The average molecular weight is 280 g/mol. The Kier molecular flexibility index (Phi) is 5.31. The number of nitrogen functional groups attached to an aromatic ring is 1. The molecule has 7 nitrogen and oxygen atoms in total. The highest BCUT2D eigenvalue weighted by Crippen LogP contribution is 2.15. The number of nitrogens with two attached hydrogens (primary N) is 1. The van der Waals surface area contributed by atoms with Gasteiger partial charge in [0, 0.05) is 13.1 Å². The van der Waals surface area contributed by atoms with Crippen LogP contribution in [0.5, 0.6) is 0 Å². The van der Waals surface area contributed by atoms with Crippen LogP contribution in [0.15, 0.2) is 12.3 Å². The van der Waals surface area contributed by atoms with Crippen LogP contribution in [-0.2, 0) is 4.79 Å². The first-order chi connectivity index (χ1) is 9.40. The molecule has 1 aromatic heterocycles. The first-order valence-electron chi connectivity index (χ1n) is 6.44. The highest BCUT2D eigenvalue weighted by molar-refractivity contribution is 5.94. The van der Waals surface area contributed by atoms with Crippen molar-refractivity contribution in [3.63, 3.8) is 0 Å². The molecule has 110 valence electrons. The summed E-state index contributed by atoms with van der Waals surface area (Å²) in [4.78, 5) is 28.7. The van der Waals surface area contributed by atoms with Crippen LogP contribution in [0, 0.1) is 0 Å². The zero-order valence-corrected chi connectivity index (χ0v) is 11.9. The first-order valence-corrected chi connectivity index (χ1v) is 6.44. The molecule has 1 unspecified atom stereocenters. The minimum absolute atomic E-state index is 0.0370. The molecule has 0 saturated heterocycles. The summed E-state index contributed by atoms with van der Waals surface area (Å²) < 4.78 is 0. The van der Waals surface area contributed by atoms with E-state index in [2.05, 4.69) is 10.3 Å². The minimum Gasteiger partial charge on any atom is -0.478 e. The van der Waals surface area contributed by atoms with Gasteiger partial charge in [0.2, 0.25) is 5.91 Å². The van der Waals surface area contributed by atoms with Crippen molar-refractivity contribution in [1.82, 2.24) is 9.88 Å². The van der Waals surface area contributed by atoms with E-state index in [4.69, 9.17) is 10.8 Å². The summed E-state index contributed by atoms with van der Waals surface area (Å²) in [5.74, 6) is -0.884. The van der Waals surface area contributed by atoms with Gasteiger partial charge in [-0.2, -0.15) is 0 Å². The molecular weight excluding hydrogens is 260 g/mol. The monoisotopic (exact) mass is 280 g/mol. The van der Waals surface area contributed by atoms with Crippen LogP contribution < -0.4 is 11.1 Å². The first kappa shape index (κ1) is 15.7. The SMILES string of the molecule is CCN(CC)C(=O)C(C)Nc1cc(C(=O)O)c(N)cn1. The third kappa shape index (κ3) is 3.59. The summed E-state index contributed by atoms with van der Waals surface area (Å²) in [6, 6.07) is 0.830. The Morgan fingerprint density at radius 3 is 2.55 bits per heavy atom. The van der Waals surface area contributed by atoms with Gasteiger partial charge in [0.1, 0.15) is 11.9 Å². The number of carboxylic acids is 1. The zero-order valence-electron chi connectivity index (χ0n) is 11.9. The quantitative estimate of drug-likeness (QED) is 0.718. The van der Waals surface area contributed by atoms with Crippen molar-refractivity contribution in [2.75, 3.05) is 24.1 Å². The number of aromatic nitrogens is 1. The van der Waals surface area contributed by atoms with E-state index in [9.17, 15) is 9.59 Å². The number of rotatable bonds is 6. The van der Waals surface area contributed by atoms with Crippen molar-refractivity contribution >= 4 is 23.4 Å². The predicted octanol–water partition coefficient (Wildman–Crippen LogP) is 1.03. The largest absolute Gasteiger partial charge is 0.478 e. The predicted molar refractivity (Wildman–Crippen MR) is 76.6 cm³/mol. The van der Waals surface area contributed by atoms with Crippen LogP contribution in [0.25, 0.3) is 0 Å². The van der Waals surface area contributed by atoms with E-state index in [-0.39, 0.29) is 17.2 Å². The van der Waals surface area contributed by atoms with Crippen molar-refractivity contribution < 1.29 is 14.7 Å². The van der Waals surface area contributed by atoms with Crippen molar-refractivity contribution in [2.45, 2.75) is 26.8 Å². The Labute approximate surface area is 117 Å². The summed E-state index contributed by atoms with van der Waals surface area (Å²) in [6.07, 6.45) is 1.26. The molecule has 0 aliphatic heterocycles. The molecule has 0 spiro atoms. The highest BCUT2D eigenvalue weighted by atomic mass is 16.4. The highest BCUT2D eigenvalue weighted by Gasteiger charge is 2.19. The fraction of sp³-hybridized carbons (Fsp3) is 0.462. The maximum absolute atomic E-state index is 12.1. The van der Waals surface area contributed by atoms with Gasteiger partial charge in [-0.15, -0.1) is 0 Å². The van der Waals surface area contributed by atoms with E-state index < -0.39 is 12.0 Å². The molecular formula is C13H20N4O3. The van der Waals surface area contributed by atoms with Gasteiger partial charge in [-0.3, -0.25) is 4.79 Å². The summed E-state index contributed by atoms with van der Waals surface area (Å²) in [5, 5.41) is 11.9. The van der Waals surface area contributed by atoms with Gasteiger partial charge in [-0.1, -0.05) is 0 Å². The summed E-state index contributed by atoms with van der Waals surface area (Å²) in [6.45, 7) is 6.75. The van der Waals surface area contributed by atoms with Crippen molar-refractivity contribution in [3.8, 4) is 0 Å². The number of hydrogen-bond acceptors (Lipinski definition) is 5. The summed E-state index contributed by atoms with van der Waals surface area (Å²) >= 11 is 0. The van der Waals surface area contributed by atoms with Crippen LogP contribution >= 0.6 is 0 Å². The van der Waals surface area contributed by atoms with Crippen molar-refractivity contribution in [2.24, 2.45) is 0 Å². The Bertz CT molecular complexity index is 500. The number of amides is 1. The molecule has 7 heteroatoms. The van der Waals surface area contributed by atoms with Gasteiger partial charge in [0.15, 0.2) is 0 Å². The topological polar surface area (TPSA) is 109 Å². The molecule has 1 atom stereocenters. The number of anilines is 2. The number of carbonyl (C=O) groups excluding carboxylic acids is 1. The van der Waals surface area contributed by atoms with Crippen molar-refractivity contribution in [1.29, 1.82) is 0 Å². The van der Waals surface area contributed by atoms with Gasteiger partial charge in [0.25, 0.3) is 0 Å². The number of pyridine rings is 1. The molecule has 0 aliphatic rings. The third-order valence-corrected chi connectivity index (χ3v) is 2.98. The lowest BCUT2D eigenvalue weighted by Crippen LogP contribution is -2.41. The van der Waals surface area contributed by atoms with Crippen LogP contribution in [0.2, 0.25) is 0 Å². The molecule has 1 amide bonds. The standard InChI is InChI=1S/C13H20N4O3/c1-4-17(5-2)12(18)8(3)16-11-6-9(13(19)20)10(14)7-15-11/h6-8H,4-5,14H2,1-3H3,(H,15,16)(H,19,20). The molecule has 1 aromatic rings. The number of nitrogens with zero attached hydrogens (tertiary/aromatic N) is 2. The fourth-order valence-corrected chi connectivity index (χ4v) is 1.82. The van der Waals surface area contributed by atoms with E-state index in [1.807, 2.05) is 13.8 Å². The van der Waals surface area contributed by atoms with Gasteiger partial charge >= 0.3 is 5.97 Å². The Morgan fingerprint density at radius 1 is 1.45 bits per heavy atom. The number of carboxylic acid groups (broad SMARTS) is 1. The Hall–Kier alpha value is -2.31. The summed E-state index contributed by atoms with van der Waals surface area (Å²) in [7, 11) is 0. The smallest absolute Gasteiger partial charge is 0.337 e. The van der Waals surface area contributed by atoms with Crippen LogP contribution in [0.3, 0.4) is 0 Å². The lowest BCUT2D eigenvalue weighted by molar-refractivity contribution is -0.131. The Morgan fingerprint density at radius 2 is 2.05 bits per heavy atom. The molecule has 0 aliphatic carbocycles. The maximum Gasteiger partial charge on any atom is 0.337 e. The van der Waals surface area contributed by atoms with E-state index in [0.717, 1.165) is 0 Å². The molecule has 20 heavy (non-hydrogen) atoms. The molecule has 0 fully saturated rings. The number of carbonyl (C=O) groups is 2. The van der Waals surface area contributed by atoms with E-state index in [1.165, 1.54) is 12.3 Å². The third-order valence-electron chi connectivity index (χ3n) is 2.98. The molecule has 0 bridgehead atoms. The minimum atomic E-state index is -1.13. The van der Waals surface area contributed by atoms with Gasteiger partial charge in [-0.05, 0) is 26.8 Å². The molecule has 1 rings (SSSR count). The van der Waals surface area contributed by atoms with Crippen LogP contribution in [0.4, 0.5) is 11.5 Å². The lowest BCUT2D eigenvalue weighted by Gasteiger charge is -2.23. The number of hydrogen-bond donors (Lipinski definition) is 3. The zero-order chi connectivity index (χ0) is 15.3. The molecule has 0 saturated carbocycles. The molecule has 1 heterocycles. The normalized spacial score (nSPS) is 11.8. The van der Waals surface area contributed by atoms with Crippen molar-refractivity contribution in [3.05, 3.63) is 17.8 Å². The van der Waals surface area contributed by atoms with Gasteiger partial charge in [-0.25, -0.2) is 9.78 Å². The fourth-order valence-electron chi connectivity index (χ4n) is 1.82. The maximum atomic E-state index is 12.1. The second-order valence-corrected chi connectivity index (χ2v) is 4.34. The van der Waals surface area contributed by atoms with Crippen LogP contribution in [0.1, 0.15) is 31.1 Å². The molecule has 4 N–H and O–H groups in total. The summed E-state index contributed by atoms with van der Waals surface area (Å²) in [5.41, 5.74) is 5.58. The number of nitrogens with one attached hydrogen (secondary N) is 1. The molecule has 0 aromatic carbocycles. The van der Waals surface area contributed by atoms with E-state index in [1.54, 1.807) is 11.8 Å². The Balaban J connectivity index is 2.85. The van der Waals surface area contributed by atoms with Crippen LogP contribution in [-0.4, -0.2) is 46.0 Å². The average Bonchev–Trinajstić information content (AvgIpc) is 2.41. The van der Waals surface area contributed by atoms with Gasteiger partial charge < -0.3 is 21.1 Å². The van der Waals surface area contributed by atoms with E-state index in [0.29, 0.717) is 18.9 Å². The lowest BCUT2D eigenvalue weighted by atomic mass is 10.2. The molecule has 0 radical (unpaired) electrons. The number of likely N-dealkylation sites (N-methyl/N-ethyl adjacent to an activating group) is 1. The number of aromatic carboxylic acids is 1.